The standard InChI is InChI=1S/C18H26N2O/c1-4-5-15-6-8-16(9-7-15)21-17-10-11-18(12-17,13-19)20-14(2)3/h6-9,14,17,20H,4-5,10-12H2,1-3H3. The van der Waals surface area contributed by atoms with Crippen LogP contribution in [0.4, 0.5) is 0 Å². The van der Waals surface area contributed by atoms with Gasteiger partial charge in [-0.05, 0) is 50.8 Å². The fourth-order valence-electron chi connectivity index (χ4n) is 3.13. The van der Waals surface area contributed by atoms with Gasteiger partial charge in [0.05, 0.1) is 6.07 Å². The molecule has 1 fully saturated rings. The SMILES string of the molecule is CCCc1ccc(OC2CCC(C#N)(NC(C)C)C2)cc1. The van der Waals surface area contributed by atoms with E-state index in [1.807, 2.05) is 12.1 Å². The van der Waals surface area contributed by atoms with Gasteiger partial charge >= 0.3 is 0 Å². The molecule has 3 heteroatoms. The van der Waals surface area contributed by atoms with Crippen molar-refractivity contribution in [3.63, 3.8) is 0 Å². The molecule has 0 bridgehead atoms. The summed E-state index contributed by atoms with van der Waals surface area (Å²) in [5.74, 6) is 0.915. The number of nitrogens with zero attached hydrogens (tertiary/aromatic N) is 1. The Balaban J connectivity index is 1.94. The topological polar surface area (TPSA) is 45.0 Å². The Morgan fingerprint density at radius 3 is 2.67 bits per heavy atom. The summed E-state index contributed by atoms with van der Waals surface area (Å²) in [4.78, 5) is 0. The van der Waals surface area contributed by atoms with E-state index < -0.39 is 5.54 Å². The second-order valence-corrected chi connectivity index (χ2v) is 6.37. The van der Waals surface area contributed by atoms with Crippen molar-refractivity contribution in [1.29, 1.82) is 5.26 Å². The highest BCUT2D eigenvalue weighted by Gasteiger charge is 2.40. The molecule has 1 N–H and O–H groups in total. The number of rotatable bonds is 6. The fourth-order valence-corrected chi connectivity index (χ4v) is 3.13. The quantitative estimate of drug-likeness (QED) is 0.864. The number of ether oxygens (including phenoxy) is 1. The van der Waals surface area contributed by atoms with Crippen LogP contribution >= 0.6 is 0 Å². The number of hydrogen-bond donors (Lipinski definition) is 1. The first-order valence-corrected chi connectivity index (χ1v) is 8.01. The summed E-state index contributed by atoms with van der Waals surface area (Å²) in [6, 6.07) is 11.1. The molecule has 0 spiro atoms. The van der Waals surface area contributed by atoms with Crippen LogP contribution in [-0.2, 0) is 6.42 Å². The second kappa shape index (κ2) is 6.95. The summed E-state index contributed by atoms with van der Waals surface area (Å²) in [7, 11) is 0. The molecule has 0 saturated heterocycles. The average Bonchev–Trinajstić information content (AvgIpc) is 2.84. The first-order chi connectivity index (χ1) is 10.1. The molecule has 0 heterocycles. The molecule has 0 aromatic heterocycles. The normalized spacial score (nSPS) is 25.0. The van der Waals surface area contributed by atoms with Crippen LogP contribution in [0.15, 0.2) is 24.3 Å². The maximum atomic E-state index is 9.48. The van der Waals surface area contributed by atoms with Crippen LogP contribution in [0.25, 0.3) is 0 Å². The molecule has 114 valence electrons. The van der Waals surface area contributed by atoms with Gasteiger partial charge in [-0.3, -0.25) is 5.32 Å². The lowest BCUT2D eigenvalue weighted by molar-refractivity contribution is 0.199. The number of nitriles is 1. The molecule has 2 rings (SSSR count). The number of nitrogens with one attached hydrogen (secondary N) is 1. The number of hydrogen-bond acceptors (Lipinski definition) is 3. The molecule has 3 nitrogen and oxygen atoms in total. The zero-order valence-electron chi connectivity index (χ0n) is 13.4. The summed E-state index contributed by atoms with van der Waals surface area (Å²) in [5, 5.41) is 12.9. The van der Waals surface area contributed by atoms with E-state index in [1.165, 1.54) is 5.56 Å². The predicted molar refractivity (Wildman–Crippen MR) is 85.3 cm³/mol. The van der Waals surface area contributed by atoms with E-state index in [2.05, 4.69) is 44.3 Å². The van der Waals surface area contributed by atoms with Crippen molar-refractivity contribution in [3.05, 3.63) is 29.8 Å². The van der Waals surface area contributed by atoms with Gasteiger partial charge in [-0.25, -0.2) is 0 Å². The van der Waals surface area contributed by atoms with Crippen LogP contribution in [0.3, 0.4) is 0 Å². The zero-order chi connectivity index (χ0) is 15.3. The highest BCUT2D eigenvalue weighted by Crippen LogP contribution is 2.33. The Morgan fingerprint density at radius 2 is 2.10 bits per heavy atom. The molecule has 2 atom stereocenters. The van der Waals surface area contributed by atoms with Crippen molar-refractivity contribution >= 4 is 0 Å². The third-order valence-corrected chi connectivity index (χ3v) is 4.01. The zero-order valence-corrected chi connectivity index (χ0v) is 13.4. The highest BCUT2D eigenvalue weighted by atomic mass is 16.5. The summed E-state index contributed by atoms with van der Waals surface area (Å²) in [6.45, 7) is 6.35. The highest BCUT2D eigenvalue weighted by molar-refractivity contribution is 5.28. The first-order valence-electron chi connectivity index (χ1n) is 8.01. The predicted octanol–water partition coefficient (Wildman–Crippen LogP) is 3.83. The van der Waals surface area contributed by atoms with Gasteiger partial charge in [0.2, 0.25) is 0 Å². The lowest BCUT2D eigenvalue weighted by atomic mass is 9.98. The Kier molecular flexibility index (Phi) is 5.25. The van der Waals surface area contributed by atoms with E-state index in [-0.39, 0.29) is 6.10 Å². The lowest BCUT2D eigenvalue weighted by Crippen LogP contribution is -2.46. The maximum Gasteiger partial charge on any atom is 0.119 e. The third-order valence-electron chi connectivity index (χ3n) is 4.01. The molecule has 1 aromatic carbocycles. The van der Waals surface area contributed by atoms with E-state index in [0.29, 0.717) is 6.04 Å². The third kappa shape index (κ3) is 4.22. The van der Waals surface area contributed by atoms with Crippen molar-refractivity contribution in [2.75, 3.05) is 0 Å². The molecular formula is C18H26N2O. The van der Waals surface area contributed by atoms with E-state index in [9.17, 15) is 5.26 Å². The Morgan fingerprint density at radius 1 is 1.38 bits per heavy atom. The van der Waals surface area contributed by atoms with Crippen LogP contribution in [0.2, 0.25) is 0 Å². The largest absolute Gasteiger partial charge is 0.490 e. The van der Waals surface area contributed by atoms with Gasteiger partial charge < -0.3 is 4.74 Å². The number of benzene rings is 1. The minimum Gasteiger partial charge on any atom is -0.490 e. The molecule has 0 amide bonds. The van der Waals surface area contributed by atoms with E-state index in [1.54, 1.807) is 0 Å². The van der Waals surface area contributed by atoms with Gasteiger partial charge in [0.15, 0.2) is 0 Å². The summed E-state index contributed by atoms with van der Waals surface area (Å²) in [5.41, 5.74) is 0.935. The Hall–Kier alpha value is -1.53. The molecule has 1 aliphatic carbocycles. The molecule has 0 radical (unpaired) electrons. The molecule has 2 unspecified atom stereocenters. The van der Waals surface area contributed by atoms with Crippen LogP contribution in [0.1, 0.15) is 52.0 Å². The monoisotopic (exact) mass is 286 g/mol. The molecule has 21 heavy (non-hydrogen) atoms. The van der Waals surface area contributed by atoms with E-state index >= 15 is 0 Å². The summed E-state index contributed by atoms with van der Waals surface area (Å²) < 4.78 is 6.06. The average molecular weight is 286 g/mol. The first kappa shape index (κ1) is 15.9. The van der Waals surface area contributed by atoms with E-state index in [0.717, 1.165) is 37.9 Å². The molecular weight excluding hydrogens is 260 g/mol. The van der Waals surface area contributed by atoms with E-state index in [4.69, 9.17) is 4.74 Å². The molecule has 1 aliphatic rings. The smallest absolute Gasteiger partial charge is 0.119 e. The second-order valence-electron chi connectivity index (χ2n) is 6.37. The van der Waals surface area contributed by atoms with Gasteiger partial charge in [-0.2, -0.15) is 5.26 Å². The van der Waals surface area contributed by atoms with Crippen molar-refractivity contribution in [3.8, 4) is 11.8 Å². The molecule has 1 saturated carbocycles. The van der Waals surface area contributed by atoms with Crippen molar-refractivity contribution in [2.45, 2.75) is 70.6 Å². The molecule has 0 aliphatic heterocycles. The maximum absolute atomic E-state index is 9.48. The fraction of sp³-hybridized carbons (Fsp3) is 0.611. The van der Waals surface area contributed by atoms with Gasteiger partial charge in [-0.15, -0.1) is 0 Å². The van der Waals surface area contributed by atoms with Gasteiger partial charge in [0, 0.05) is 12.5 Å². The van der Waals surface area contributed by atoms with Crippen molar-refractivity contribution < 1.29 is 4.74 Å². The van der Waals surface area contributed by atoms with Gasteiger partial charge in [-0.1, -0.05) is 25.5 Å². The summed E-state index contributed by atoms with van der Waals surface area (Å²) in [6.07, 6.45) is 4.96. The lowest BCUT2D eigenvalue weighted by Gasteiger charge is -2.25. The minimum absolute atomic E-state index is 0.132. The van der Waals surface area contributed by atoms with Crippen molar-refractivity contribution in [1.82, 2.24) is 5.32 Å². The Labute approximate surface area is 128 Å². The van der Waals surface area contributed by atoms with Crippen LogP contribution in [0.5, 0.6) is 5.75 Å². The van der Waals surface area contributed by atoms with Crippen LogP contribution in [-0.4, -0.2) is 17.7 Å². The van der Waals surface area contributed by atoms with Crippen molar-refractivity contribution in [2.24, 2.45) is 0 Å². The van der Waals surface area contributed by atoms with Crippen LogP contribution < -0.4 is 10.1 Å². The van der Waals surface area contributed by atoms with Crippen LogP contribution in [0, 0.1) is 11.3 Å². The minimum atomic E-state index is -0.416. The van der Waals surface area contributed by atoms with Gasteiger partial charge in [0.25, 0.3) is 0 Å². The van der Waals surface area contributed by atoms with Gasteiger partial charge in [0.1, 0.15) is 17.4 Å². The number of aryl methyl sites for hydroxylation is 1. The molecule has 1 aromatic rings. The summed E-state index contributed by atoms with van der Waals surface area (Å²) >= 11 is 0. The Bertz CT molecular complexity index is 489.